The lowest BCUT2D eigenvalue weighted by Crippen LogP contribution is -2.31. The third kappa shape index (κ3) is 6.29. The summed E-state index contributed by atoms with van der Waals surface area (Å²) in [5.74, 6) is -0.721. The van der Waals surface area contributed by atoms with Crippen LogP contribution in [-0.2, 0) is 6.42 Å². The minimum absolute atomic E-state index is 0.201. The van der Waals surface area contributed by atoms with E-state index >= 15 is 0 Å². The van der Waals surface area contributed by atoms with Crippen LogP contribution in [0.25, 0.3) is 0 Å². The molecule has 0 aliphatic heterocycles. The van der Waals surface area contributed by atoms with Crippen LogP contribution in [0.4, 0.5) is 4.39 Å². The van der Waals surface area contributed by atoms with Gasteiger partial charge in [0.25, 0.3) is 11.8 Å². The van der Waals surface area contributed by atoms with Crippen LogP contribution in [0.1, 0.15) is 26.3 Å². The highest BCUT2D eigenvalue weighted by Gasteiger charge is 2.10. The average Bonchev–Trinajstić information content (AvgIpc) is 2.63. The number of hydrogen-bond acceptors (Lipinski definition) is 3. The normalized spacial score (nSPS) is 10.6. The number of nitrogens with one attached hydrogen (secondary N) is 2. The molecule has 0 spiro atoms. The number of benzene rings is 2. The molecule has 26 heavy (non-hydrogen) atoms. The second kappa shape index (κ2) is 9.68. The molecular weight excluding hydrogens is 333 g/mol. The molecule has 2 N–H and O–H groups in total. The van der Waals surface area contributed by atoms with E-state index in [1.54, 1.807) is 36.4 Å². The van der Waals surface area contributed by atoms with Gasteiger partial charge in [-0.3, -0.25) is 9.59 Å². The molecule has 2 amide bonds. The zero-order chi connectivity index (χ0) is 18.9. The molecule has 2 aromatic rings. The molecule has 0 fully saturated rings. The zero-order valence-electron chi connectivity index (χ0n) is 15.1. The highest BCUT2D eigenvalue weighted by Crippen LogP contribution is 2.06. The highest BCUT2D eigenvalue weighted by molar-refractivity contribution is 5.99. The van der Waals surface area contributed by atoms with E-state index in [1.165, 1.54) is 12.1 Å². The SMILES string of the molecule is CN(C)CCNC(=O)c1cccc(C(=O)NCCc2ccc(F)cc2)c1. The Bertz CT molecular complexity index is 745. The summed E-state index contributed by atoms with van der Waals surface area (Å²) in [5, 5.41) is 5.64. The van der Waals surface area contributed by atoms with E-state index in [2.05, 4.69) is 10.6 Å². The predicted molar refractivity (Wildman–Crippen MR) is 99.8 cm³/mol. The topological polar surface area (TPSA) is 61.4 Å². The maximum atomic E-state index is 12.9. The van der Waals surface area contributed by atoms with Crippen LogP contribution in [0.2, 0.25) is 0 Å². The summed E-state index contributed by atoms with van der Waals surface area (Å²) in [6.07, 6.45) is 0.608. The number of nitrogens with zero attached hydrogens (tertiary/aromatic N) is 1. The van der Waals surface area contributed by atoms with E-state index in [-0.39, 0.29) is 17.6 Å². The Kier molecular flexibility index (Phi) is 7.29. The van der Waals surface area contributed by atoms with Gasteiger partial charge in [0, 0.05) is 30.8 Å². The Hall–Kier alpha value is -2.73. The Morgan fingerprint density at radius 3 is 2.08 bits per heavy atom. The van der Waals surface area contributed by atoms with E-state index in [0.717, 1.165) is 12.1 Å². The van der Waals surface area contributed by atoms with Crippen molar-refractivity contribution in [3.8, 4) is 0 Å². The first-order valence-corrected chi connectivity index (χ1v) is 8.51. The fourth-order valence-electron chi connectivity index (χ4n) is 2.37. The summed E-state index contributed by atoms with van der Waals surface area (Å²) in [6, 6.07) is 12.8. The minimum Gasteiger partial charge on any atom is -0.352 e. The number of likely N-dealkylation sites (N-methyl/N-ethyl adjacent to an activating group) is 1. The first-order chi connectivity index (χ1) is 12.5. The maximum Gasteiger partial charge on any atom is 0.251 e. The fourth-order valence-corrected chi connectivity index (χ4v) is 2.37. The minimum atomic E-state index is -0.279. The van der Waals surface area contributed by atoms with Gasteiger partial charge in [0.2, 0.25) is 0 Å². The van der Waals surface area contributed by atoms with Crippen LogP contribution in [-0.4, -0.2) is 50.4 Å². The summed E-state index contributed by atoms with van der Waals surface area (Å²) in [4.78, 5) is 26.4. The molecule has 6 heteroatoms. The van der Waals surface area contributed by atoms with E-state index in [4.69, 9.17) is 0 Å². The van der Waals surface area contributed by atoms with Crippen molar-refractivity contribution >= 4 is 11.8 Å². The summed E-state index contributed by atoms with van der Waals surface area (Å²) in [6.45, 7) is 1.72. The number of halogens is 1. The predicted octanol–water partition coefficient (Wildman–Crippen LogP) is 2.09. The third-order valence-electron chi connectivity index (χ3n) is 3.84. The Morgan fingerprint density at radius 1 is 0.923 bits per heavy atom. The van der Waals surface area contributed by atoms with Gasteiger partial charge < -0.3 is 15.5 Å². The van der Waals surface area contributed by atoms with Crippen LogP contribution in [0.15, 0.2) is 48.5 Å². The monoisotopic (exact) mass is 357 g/mol. The van der Waals surface area contributed by atoms with Gasteiger partial charge in [0.1, 0.15) is 5.82 Å². The van der Waals surface area contributed by atoms with Crippen LogP contribution in [0.5, 0.6) is 0 Å². The highest BCUT2D eigenvalue weighted by atomic mass is 19.1. The van der Waals surface area contributed by atoms with Gasteiger partial charge >= 0.3 is 0 Å². The van der Waals surface area contributed by atoms with E-state index in [9.17, 15) is 14.0 Å². The van der Waals surface area contributed by atoms with E-state index in [1.807, 2.05) is 19.0 Å². The standard InChI is InChI=1S/C20H24FN3O2/c1-24(2)13-12-23-20(26)17-5-3-4-16(14-17)19(25)22-11-10-15-6-8-18(21)9-7-15/h3-9,14H,10-13H2,1-2H3,(H,22,25)(H,23,26). The van der Waals surface area contributed by atoms with Crippen LogP contribution < -0.4 is 10.6 Å². The molecular formula is C20H24FN3O2. The van der Waals surface area contributed by atoms with Gasteiger partial charge in [-0.05, 0) is 56.4 Å². The number of carbonyl (C=O) groups excluding carboxylic acids is 2. The number of rotatable bonds is 8. The smallest absolute Gasteiger partial charge is 0.251 e. The van der Waals surface area contributed by atoms with Gasteiger partial charge in [0.05, 0.1) is 0 Å². The molecule has 0 aliphatic rings. The molecule has 0 radical (unpaired) electrons. The average molecular weight is 357 g/mol. The molecule has 0 aromatic heterocycles. The van der Waals surface area contributed by atoms with Crippen molar-refractivity contribution in [3.05, 3.63) is 71.0 Å². The summed E-state index contributed by atoms with van der Waals surface area (Å²) in [7, 11) is 3.87. The van der Waals surface area contributed by atoms with Crippen LogP contribution in [0.3, 0.4) is 0 Å². The number of hydrogen-bond donors (Lipinski definition) is 2. The fraction of sp³-hybridized carbons (Fsp3) is 0.300. The van der Waals surface area contributed by atoms with Crippen LogP contribution >= 0.6 is 0 Å². The quantitative estimate of drug-likeness (QED) is 0.761. The molecule has 2 rings (SSSR count). The zero-order valence-corrected chi connectivity index (χ0v) is 15.1. The largest absolute Gasteiger partial charge is 0.352 e. The molecule has 0 saturated heterocycles. The molecule has 0 saturated carbocycles. The van der Waals surface area contributed by atoms with Gasteiger partial charge in [-0.1, -0.05) is 18.2 Å². The first-order valence-electron chi connectivity index (χ1n) is 8.51. The van der Waals surface area contributed by atoms with Crippen molar-refractivity contribution in [1.82, 2.24) is 15.5 Å². The van der Waals surface area contributed by atoms with Crippen molar-refractivity contribution in [2.24, 2.45) is 0 Å². The van der Waals surface area contributed by atoms with Gasteiger partial charge in [-0.15, -0.1) is 0 Å². The van der Waals surface area contributed by atoms with E-state index in [0.29, 0.717) is 30.6 Å². The molecule has 0 unspecified atom stereocenters. The van der Waals surface area contributed by atoms with Crippen molar-refractivity contribution in [2.75, 3.05) is 33.7 Å². The molecule has 0 aliphatic carbocycles. The molecule has 5 nitrogen and oxygen atoms in total. The van der Waals surface area contributed by atoms with Gasteiger partial charge in [-0.2, -0.15) is 0 Å². The molecule has 2 aromatic carbocycles. The second-order valence-corrected chi connectivity index (χ2v) is 6.27. The molecule has 138 valence electrons. The lowest BCUT2D eigenvalue weighted by Gasteiger charge is -2.11. The van der Waals surface area contributed by atoms with E-state index < -0.39 is 0 Å². The van der Waals surface area contributed by atoms with Crippen molar-refractivity contribution < 1.29 is 14.0 Å². The summed E-state index contributed by atoms with van der Waals surface area (Å²) < 4.78 is 12.9. The second-order valence-electron chi connectivity index (χ2n) is 6.27. The van der Waals surface area contributed by atoms with Crippen molar-refractivity contribution in [2.45, 2.75) is 6.42 Å². The lowest BCUT2D eigenvalue weighted by molar-refractivity contribution is 0.0951. The molecule has 0 bridgehead atoms. The van der Waals surface area contributed by atoms with Gasteiger partial charge in [-0.25, -0.2) is 4.39 Å². The number of carbonyl (C=O) groups is 2. The van der Waals surface area contributed by atoms with Crippen molar-refractivity contribution in [1.29, 1.82) is 0 Å². The third-order valence-corrected chi connectivity index (χ3v) is 3.84. The van der Waals surface area contributed by atoms with Gasteiger partial charge in [0.15, 0.2) is 0 Å². The van der Waals surface area contributed by atoms with Crippen molar-refractivity contribution in [3.63, 3.8) is 0 Å². The summed E-state index contributed by atoms with van der Waals surface area (Å²) in [5.41, 5.74) is 1.83. The molecule has 0 atom stereocenters. The first kappa shape index (κ1) is 19.6. The summed E-state index contributed by atoms with van der Waals surface area (Å²) >= 11 is 0. The Morgan fingerprint density at radius 2 is 1.50 bits per heavy atom. The number of amides is 2. The maximum absolute atomic E-state index is 12.9. The Balaban J connectivity index is 1.86. The van der Waals surface area contributed by atoms with Crippen LogP contribution in [0, 0.1) is 5.82 Å². The molecule has 0 heterocycles. The lowest BCUT2D eigenvalue weighted by atomic mass is 10.1. The Labute approximate surface area is 153 Å².